The van der Waals surface area contributed by atoms with Gasteiger partial charge in [-0.1, -0.05) is 13.8 Å². The van der Waals surface area contributed by atoms with Crippen molar-refractivity contribution in [3.05, 3.63) is 18.0 Å². The molecule has 0 fully saturated rings. The van der Waals surface area contributed by atoms with Gasteiger partial charge in [0.2, 0.25) is 10.0 Å². The largest absolute Gasteiger partial charge is 0.349 e. The molecule has 0 aliphatic rings. The van der Waals surface area contributed by atoms with Crippen molar-refractivity contribution < 1.29 is 8.42 Å². The number of hydrogen-bond donors (Lipinski definition) is 2. The summed E-state index contributed by atoms with van der Waals surface area (Å²) in [5, 5.41) is 0. The van der Waals surface area contributed by atoms with Crippen LogP contribution in [0.4, 0.5) is 0 Å². The van der Waals surface area contributed by atoms with Crippen LogP contribution in [0.1, 0.15) is 39.3 Å². The first-order valence-electron chi connectivity index (χ1n) is 6.79. The Balaban J connectivity index is 2.69. The second-order valence-electron chi connectivity index (χ2n) is 5.09. The van der Waals surface area contributed by atoms with E-state index in [1.165, 1.54) is 0 Å². The molecule has 1 heterocycles. The van der Waals surface area contributed by atoms with Gasteiger partial charge in [-0.25, -0.2) is 13.1 Å². The summed E-state index contributed by atoms with van der Waals surface area (Å²) < 4.78 is 28.7. The lowest BCUT2D eigenvalue weighted by molar-refractivity contribution is 0.540. The monoisotopic (exact) mass is 287 g/mol. The van der Waals surface area contributed by atoms with Gasteiger partial charge in [0.1, 0.15) is 0 Å². The van der Waals surface area contributed by atoms with Gasteiger partial charge >= 0.3 is 0 Å². The molecule has 1 aromatic rings. The lowest BCUT2D eigenvalue weighted by Crippen LogP contribution is -2.24. The van der Waals surface area contributed by atoms with Crippen LogP contribution in [0.15, 0.2) is 17.2 Å². The van der Waals surface area contributed by atoms with E-state index in [1.54, 1.807) is 12.3 Å². The zero-order valence-corrected chi connectivity index (χ0v) is 12.8. The van der Waals surface area contributed by atoms with Crippen LogP contribution in [0.2, 0.25) is 0 Å². The van der Waals surface area contributed by atoms with Gasteiger partial charge in [0.05, 0.1) is 4.90 Å². The minimum Gasteiger partial charge on any atom is -0.349 e. The summed E-state index contributed by atoms with van der Waals surface area (Å²) in [5.74, 6) is 0.592. The standard InChI is InChI=1S/C13H25N3O2S/c1-4-16-10-13(8-12(16)9-14)19(17,18)15-7-5-6-11(2)3/h8,10-11,15H,4-7,9,14H2,1-3H3. The number of aromatic nitrogens is 1. The molecule has 0 unspecified atom stereocenters. The molecule has 0 aromatic carbocycles. The molecule has 0 saturated heterocycles. The van der Waals surface area contributed by atoms with Crippen molar-refractivity contribution in [2.45, 2.75) is 51.6 Å². The van der Waals surface area contributed by atoms with Gasteiger partial charge < -0.3 is 10.3 Å². The van der Waals surface area contributed by atoms with E-state index in [4.69, 9.17) is 5.73 Å². The topological polar surface area (TPSA) is 77.1 Å². The number of sulfonamides is 1. The zero-order valence-electron chi connectivity index (χ0n) is 12.0. The van der Waals surface area contributed by atoms with Crippen LogP contribution in [0.5, 0.6) is 0 Å². The van der Waals surface area contributed by atoms with Gasteiger partial charge in [-0.05, 0) is 31.7 Å². The lowest BCUT2D eigenvalue weighted by Gasteiger charge is -2.06. The average molecular weight is 287 g/mol. The molecule has 19 heavy (non-hydrogen) atoms. The molecule has 0 spiro atoms. The fraction of sp³-hybridized carbons (Fsp3) is 0.692. The number of nitrogens with two attached hydrogens (primary N) is 1. The number of nitrogens with zero attached hydrogens (tertiary/aromatic N) is 1. The quantitative estimate of drug-likeness (QED) is 0.714. The van der Waals surface area contributed by atoms with Crippen molar-refractivity contribution in [3.63, 3.8) is 0 Å². The summed E-state index contributed by atoms with van der Waals surface area (Å²) in [6.07, 6.45) is 3.52. The zero-order chi connectivity index (χ0) is 14.5. The molecule has 0 saturated carbocycles. The van der Waals surface area contributed by atoms with E-state index in [0.29, 0.717) is 23.9 Å². The minimum absolute atomic E-state index is 0.305. The predicted octanol–water partition coefficient (Wildman–Crippen LogP) is 1.68. The Morgan fingerprint density at radius 2 is 2.11 bits per heavy atom. The summed E-state index contributed by atoms with van der Waals surface area (Å²) in [5.41, 5.74) is 6.44. The maximum atomic E-state index is 12.1. The summed E-state index contributed by atoms with van der Waals surface area (Å²) in [7, 11) is -3.41. The smallest absolute Gasteiger partial charge is 0.242 e. The molecule has 3 N–H and O–H groups in total. The lowest BCUT2D eigenvalue weighted by atomic mass is 10.1. The predicted molar refractivity (Wildman–Crippen MR) is 77.3 cm³/mol. The normalized spacial score (nSPS) is 12.3. The van der Waals surface area contributed by atoms with E-state index >= 15 is 0 Å². The Morgan fingerprint density at radius 1 is 1.42 bits per heavy atom. The van der Waals surface area contributed by atoms with Crippen LogP contribution in [0.3, 0.4) is 0 Å². The fourth-order valence-corrected chi connectivity index (χ4v) is 3.08. The number of rotatable bonds is 8. The average Bonchev–Trinajstić information content (AvgIpc) is 2.78. The maximum Gasteiger partial charge on any atom is 0.242 e. The highest BCUT2D eigenvalue weighted by Gasteiger charge is 2.17. The second kappa shape index (κ2) is 7.07. The molecule has 110 valence electrons. The Labute approximate surface area is 116 Å². The third-order valence-corrected chi connectivity index (χ3v) is 4.50. The van der Waals surface area contributed by atoms with Crippen LogP contribution in [0.25, 0.3) is 0 Å². The molecule has 0 amide bonds. The number of aryl methyl sites for hydroxylation is 1. The van der Waals surface area contributed by atoms with E-state index < -0.39 is 10.0 Å². The first-order chi connectivity index (χ1) is 8.90. The van der Waals surface area contributed by atoms with Gasteiger partial charge in [0, 0.05) is 31.5 Å². The molecule has 0 bridgehead atoms. The Morgan fingerprint density at radius 3 is 2.58 bits per heavy atom. The molecule has 1 rings (SSSR count). The molecule has 0 atom stereocenters. The van der Waals surface area contributed by atoms with E-state index in [-0.39, 0.29) is 0 Å². The Hall–Kier alpha value is -0.850. The van der Waals surface area contributed by atoms with E-state index in [0.717, 1.165) is 25.1 Å². The van der Waals surface area contributed by atoms with Crippen LogP contribution in [-0.4, -0.2) is 19.5 Å². The Kier molecular flexibility index (Phi) is 6.03. The first kappa shape index (κ1) is 16.2. The number of nitrogens with one attached hydrogen (secondary N) is 1. The molecule has 0 aliphatic heterocycles. The SMILES string of the molecule is CCn1cc(S(=O)(=O)NCCCC(C)C)cc1CN. The van der Waals surface area contributed by atoms with Crippen LogP contribution in [0, 0.1) is 5.92 Å². The van der Waals surface area contributed by atoms with Crippen molar-refractivity contribution >= 4 is 10.0 Å². The van der Waals surface area contributed by atoms with Crippen molar-refractivity contribution in [2.75, 3.05) is 6.54 Å². The number of hydrogen-bond acceptors (Lipinski definition) is 3. The van der Waals surface area contributed by atoms with Crippen LogP contribution in [-0.2, 0) is 23.1 Å². The van der Waals surface area contributed by atoms with Crippen molar-refractivity contribution in [2.24, 2.45) is 11.7 Å². The van der Waals surface area contributed by atoms with Gasteiger partial charge in [0.25, 0.3) is 0 Å². The van der Waals surface area contributed by atoms with Gasteiger partial charge in [-0.15, -0.1) is 0 Å². The summed E-state index contributed by atoms with van der Waals surface area (Å²) >= 11 is 0. The minimum atomic E-state index is -3.41. The maximum absolute atomic E-state index is 12.1. The van der Waals surface area contributed by atoms with E-state index in [2.05, 4.69) is 18.6 Å². The highest BCUT2D eigenvalue weighted by Crippen LogP contribution is 2.14. The van der Waals surface area contributed by atoms with Crippen molar-refractivity contribution in [3.8, 4) is 0 Å². The van der Waals surface area contributed by atoms with E-state index in [9.17, 15) is 8.42 Å². The van der Waals surface area contributed by atoms with Crippen molar-refractivity contribution in [1.82, 2.24) is 9.29 Å². The highest BCUT2D eigenvalue weighted by atomic mass is 32.2. The van der Waals surface area contributed by atoms with Gasteiger partial charge in [-0.2, -0.15) is 0 Å². The molecule has 6 heteroatoms. The van der Waals surface area contributed by atoms with E-state index in [1.807, 2.05) is 11.5 Å². The van der Waals surface area contributed by atoms with Crippen LogP contribution < -0.4 is 10.5 Å². The molecule has 0 radical (unpaired) electrons. The van der Waals surface area contributed by atoms with Gasteiger partial charge in [-0.3, -0.25) is 0 Å². The van der Waals surface area contributed by atoms with Crippen molar-refractivity contribution in [1.29, 1.82) is 0 Å². The first-order valence-corrected chi connectivity index (χ1v) is 8.27. The third kappa shape index (κ3) is 4.63. The second-order valence-corrected chi connectivity index (χ2v) is 6.86. The summed E-state index contributed by atoms with van der Waals surface area (Å²) in [4.78, 5) is 0.305. The highest BCUT2D eigenvalue weighted by molar-refractivity contribution is 7.89. The van der Waals surface area contributed by atoms with Crippen LogP contribution >= 0.6 is 0 Å². The molecular weight excluding hydrogens is 262 g/mol. The summed E-state index contributed by atoms with van der Waals surface area (Å²) in [6, 6.07) is 1.65. The third-order valence-electron chi connectivity index (χ3n) is 3.07. The molecule has 5 nitrogen and oxygen atoms in total. The molecule has 1 aromatic heterocycles. The molecular formula is C13H25N3O2S. The summed E-state index contributed by atoms with van der Waals surface area (Å²) in [6.45, 7) is 7.76. The molecule has 0 aliphatic carbocycles. The van der Waals surface area contributed by atoms with Gasteiger partial charge in [0.15, 0.2) is 0 Å². The Bertz CT molecular complexity index is 470. The fourth-order valence-electron chi connectivity index (χ4n) is 1.94.